The van der Waals surface area contributed by atoms with Crippen LogP contribution >= 0.6 is 11.3 Å². The number of fused-ring (bicyclic) bond motifs is 2. The third kappa shape index (κ3) is 3.17. The van der Waals surface area contributed by atoms with Crippen LogP contribution in [0.15, 0.2) is 69.3 Å². The SMILES string of the molecule is Cc1ccccc1CN1C(=O)C(C2=NS(=O)(=O)c3ccccc3N2)C(=O)c2sccc21. The van der Waals surface area contributed by atoms with E-state index >= 15 is 0 Å². The van der Waals surface area contributed by atoms with E-state index in [2.05, 4.69) is 9.71 Å². The van der Waals surface area contributed by atoms with Gasteiger partial charge >= 0.3 is 0 Å². The minimum Gasteiger partial charge on any atom is -0.341 e. The Morgan fingerprint density at radius 2 is 1.81 bits per heavy atom. The molecule has 2 aliphatic heterocycles. The molecule has 2 aromatic carbocycles. The van der Waals surface area contributed by atoms with E-state index in [-0.39, 0.29) is 17.3 Å². The van der Waals surface area contributed by atoms with Gasteiger partial charge in [-0.25, -0.2) is 0 Å². The first kappa shape index (κ1) is 19.7. The lowest BCUT2D eigenvalue weighted by Crippen LogP contribution is -2.49. The maximum Gasteiger partial charge on any atom is 0.286 e. The number of sulfonamides is 1. The van der Waals surface area contributed by atoms with E-state index in [1.807, 2.05) is 31.2 Å². The first-order chi connectivity index (χ1) is 14.9. The van der Waals surface area contributed by atoms with E-state index in [9.17, 15) is 18.0 Å². The zero-order chi connectivity index (χ0) is 21.8. The molecule has 2 aliphatic rings. The Morgan fingerprint density at radius 1 is 1.06 bits per heavy atom. The van der Waals surface area contributed by atoms with E-state index in [1.54, 1.807) is 29.6 Å². The molecule has 1 unspecified atom stereocenters. The number of hydrogen-bond donors (Lipinski definition) is 1. The molecule has 1 amide bonds. The molecular weight excluding hydrogens is 434 g/mol. The van der Waals surface area contributed by atoms with Crippen molar-refractivity contribution in [1.29, 1.82) is 0 Å². The highest BCUT2D eigenvalue weighted by atomic mass is 32.2. The predicted molar refractivity (Wildman–Crippen MR) is 119 cm³/mol. The van der Waals surface area contributed by atoms with Gasteiger partial charge in [0.2, 0.25) is 5.91 Å². The number of ketones is 1. The quantitative estimate of drug-likeness (QED) is 0.614. The largest absolute Gasteiger partial charge is 0.341 e. The zero-order valence-corrected chi connectivity index (χ0v) is 18.0. The van der Waals surface area contributed by atoms with Gasteiger partial charge in [-0.2, -0.15) is 8.42 Å². The Kier molecular flexibility index (Phi) is 4.53. The molecule has 0 aliphatic carbocycles. The van der Waals surface area contributed by atoms with Crippen LogP contribution < -0.4 is 10.2 Å². The molecule has 0 radical (unpaired) electrons. The number of hydrogen-bond acceptors (Lipinski definition) is 6. The molecule has 3 heterocycles. The third-order valence-corrected chi connectivity index (χ3v) is 7.71. The highest BCUT2D eigenvalue weighted by Crippen LogP contribution is 2.38. The van der Waals surface area contributed by atoms with E-state index in [4.69, 9.17) is 0 Å². The maximum atomic E-state index is 13.5. The molecule has 0 saturated heterocycles. The number of carbonyl (C=O) groups excluding carboxylic acids is 2. The number of amides is 1. The lowest BCUT2D eigenvalue weighted by atomic mass is 9.93. The molecule has 1 N–H and O–H groups in total. The third-order valence-electron chi connectivity index (χ3n) is 5.44. The summed E-state index contributed by atoms with van der Waals surface area (Å²) in [4.78, 5) is 28.7. The summed E-state index contributed by atoms with van der Waals surface area (Å²) in [6.45, 7) is 2.23. The number of Topliss-reactive ketones (excluding diaryl/α,β-unsaturated/α-hetero) is 1. The molecule has 3 aromatic rings. The van der Waals surface area contributed by atoms with Crippen LogP contribution in [0.1, 0.15) is 20.8 Å². The summed E-state index contributed by atoms with van der Waals surface area (Å²) in [6, 6.07) is 15.7. The number of nitrogens with zero attached hydrogens (tertiary/aromatic N) is 2. The van der Waals surface area contributed by atoms with Gasteiger partial charge < -0.3 is 10.2 Å². The smallest absolute Gasteiger partial charge is 0.286 e. The van der Waals surface area contributed by atoms with Crippen molar-refractivity contribution < 1.29 is 18.0 Å². The number of amidine groups is 1. The molecule has 1 atom stereocenters. The summed E-state index contributed by atoms with van der Waals surface area (Å²) >= 11 is 1.23. The van der Waals surface area contributed by atoms with Gasteiger partial charge in [0.15, 0.2) is 11.7 Å². The topological polar surface area (TPSA) is 95.9 Å². The molecule has 7 nitrogen and oxygen atoms in total. The van der Waals surface area contributed by atoms with Crippen molar-refractivity contribution in [3.63, 3.8) is 0 Å². The second-order valence-corrected chi connectivity index (χ2v) is 9.84. The van der Waals surface area contributed by atoms with Crippen LogP contribution in [-0.4, -0.2) is 25.9 Å². The fourth-order valence-corrected chi connectivity index (χ4v) is 5.86. The Bertz CT molecular complexity index is 1370. The Morgan fingerprint density at radius 3 is 2.61 bits per heavy atom. The summed E-state index contributed by atoms with van der Waals surface area (Å²) < 4.78 is 29.2. The van der Waals surface area contributed by atoms with E-state index in [0.29, 0.717) is 16.3 Å². The van der Waals surface area contributed by atoms with Crippen molar-refractivity contribution in [3.8, 4) is 0 Å². The second-order valence-electron chi connectivity index (χ2n) is 7.36. The van der Waals surface area contributed by atoms with Crippen LogP contribution in [0, 0.1) is 12.8 Å². The summed E-state index contributed by atoms with van der Waals surface area (Å²) in [5, 5.41) is 4.66. The number of nitrogens with one attached hydrogen (secondary N) is 1. The lowest BCUT2D eigenvalue weighted by molar-refractivity contribution is -0.119. The molecule has 0 bridgehead atoms. The number of carbonyl (C=O) groups is 2. The van der Waals surface area contributed by atoms with Gasteiger partial charge in [0.05, 0.1) is 22.8 Å². The maximum absolute atomic E-state index is 13.5. The van der Waals surface area contributed by atoms with Crippen molar-refractivity contribution in [2.75, 3.05) is 10.2 Å². The fraction of sp³-hybridized carbons (Fsp3) is 0.136. The number of rotatable bonds is 3. The van der Waals surface area contributed by atoms with Gasteiger partial charge in [-0.05, 0) is 41.6 Å². The first-order valence-corrected chi connectivity index (χ1v) is 11.9. The Labute approximate surface area is 183 Å². The molecular formula is C22H17N3O4S2. The molecule has 0 fully saturated rings. The van der Waals surface area contributed by atoms with Crippen LogP contribution in [0.25, 0.3) is 0 Å². The second kappa shape index (κ2) is 7.14. The molecule has 5 rings (SSSR count). The summed E-state index contributed by atoms with van der Waals surface area (Å²) in [7, 11) is -4.03. The van der Waals surface area contributed by atoms with Gasteiger partial charge in [0.1, 0.15) is 10.7 Å². The average Bonchev–Trinajstić information content (AvgIpc) is 3.22. The fourth-order valence-electron chi connectivity index (χ4n) is 3.84. The van der Waals surface area contributed by atoms with E-state index in [0.717, 1.165) is 11.1 Å². The Balaban J connectivity index is 1.59. The number of benzene rings is 2. The molecule has 1 aromatic heterocycles. The van der Waals surface area contributed by atoms with Crippen LogP contribution in [0.4, 0.5) is 11.4 Å². The van der Waals surface area contributed by atoms with E-state index < -0.39 is 27.6 Å². The molecule has 0 saturated carbocycles. The predicted octanol–water partition coefficient (Wildman–Crippen LogP) is 3.62. The van der Waals surface area contributed by atoms with Crippen LogP contribution in [-0.2, 0) is 21.4 Å². The normalized spacial score (nSPS) is 19.3. The minimum absolute atomic E-state index is 0.0167. The first-order valence-electron chi connectivity index (χ1n) is 9.55. The van der Waals surface area contributed by atoms with Crippen LogP contribution in [0.2, 0.25) is 0 Å². The highest BCUT2D eigenvalue weighted by Gasteiger charge is 2.45. The molecule has 0 spiro atoms. The van der Waals surface area contributed by atoms with Gasteiger partial charge in [0.25, 0.3) is 10.0 Å². The number of aryl methyl sites for hydroxylation is 1. The van der Waals surface area contributed by atoms with Gasteiger partial charge in [-0.3, -0.25) is 9.59 Å². The van der Waals surface area contributed by atoms with Crippen molar-refractivity contribution in [2.24, 2.45) is 10.3 Å². The summed E-state index contributed by atoms with van der Waals surface area (Å²) in [5.41, 5.74) is 2.80. The Hall–Kier alpha value is -3.30. The number of anilines is 2. The van der Waals surface area contributed by atoms with Crippen molar-refractivity contribution in [1.82, 2.24) is 0 Å². The number of para-hydroxylation sites is 1. The standard InChI is InChI=1S/C22H17N3O4S2/c1-13-6-2-3-7-14(13)12-25-16-10-11-30-20(16)19(26)18(22(25)27)21-23-15-8-4-5-9-17(15)31(28,29)24-21/h2-11,18H,12H2,1H3,(H,23,24). The van der Waals surface area contributed by atoms with Gasteiger partial charge in [0, 0.05) is 0 Å². The molecule has 156 valence electrons. The number of thiophene rings is 1. The van der Waals surface area contributed by atoms with Gasteiger partial charge in [-0.1, -0.05) is 36.4 Å². The van der Waals surface area contributed by atoms with Crippen molar-refractivity contribution in [2.45, 2.75) is 18.4 Å². The summed E-state index contributed by atoms with van der Waals surface area (Å²) in [6.07, 6.45) is 0. The zero-order valence-electron chi connectivity index (χ0n) is 16.4. The summed E-state index contributed by atoms with van der Waals surface area (Å²) in [5.74, 6) is -2.46. The minimum atomic E-state index is -4.03. The van der Waals surface area contributed by atoms with Gasteiger partial charge in [-0.15, -0.1) is 15.7 Å². The van der Waals surface area contributed by atoms with Crippen LogP contribution in [0.3, 0.4) is 0 Å². The molecule has 9 heteroatoms. The average molecular weight is 452 g/mol. The van der Waals surface area contributed by atoms with E-state index in [1.165, 1.54) is 22.3 Å². The molecule has 31 heavy (non-hydrogen) atoms. The monoisotopic (exact) mass is 451 g/mol. The highest BCUT2D eigenvalue weighted by molar-refractivity contribution is 7.90. The van der Waals surface area contributed by atoms with Crippen LogP contribution in [0.5, 0.6) is 0 Å². The van der Waals surface area contributed by atoms with Crippen molar-refractivity contribution >= 4 is 50.3 Å². The van der Waals surface area contributed by atoms with Crippen molar-refractivity contribution in [3.05, 3.63) is 76.0 Å². The lowest BCUT2D eigenvalue weighted by Gasteiger charge is -2.33.